The Kier molecular flexibility index (Phi) is 4.58. The minimum Gasteiger partial charge on any atom is -0.413 e. The molecular formula is C5H6CuO2S. The fraction of sp³-hybridized carbons (Fsp3) is 0. The van der Waals surface area contributed by atoms with E-state index < -0.39 is 11.2 Å². The summed E-state index contributed by atoms with van der Waals surface area (Å²) in [6.45, 7) is 0.478. The fourth-order valence-electron chi connectivity index (χ4n) is 0.439. The predicted octanol–water partition coefficient (Wildman–Crippen LogP) is 1.11. The second-order valence-corrected chi connectivity index (χ2v) is 2.77. The van der Waals surface area contributed by atoms with E-state index in [-0.39, 0.29) is 17.1 Å². The van der Waals surface area contributed by atoms with Gasteiger partial charge in [-0.25, -0.2) is 0 Å². The number of carbonyl (C=O) groups excluding carboxylic acids is 1. The molecule has 1 radical (unpaired) electrons. The summed E-state index contributed by atoms with van der Waals surface area (Å²) in [6, 6.07) is 0. The van der Waals surface area contributed by atoms with Crippen LogP contribution in [0.25, 0.3) is 0 Å². The van der Waals surface area contributed by atoms with Crippen molar-refractivity contribution in [3.63, 3.8) is 0 Å². The van der Waals surface area contributed by atoms with E-state index in [1.54, 1.807) is 0 Å². The van der Waals surface area contributed by atoms with Crippen molar-refractivity contribution in [1.82, 2.24) is 0 Å². The van der Waals surface area contributed by atoms with Gasteiger partial charge in [0, 0.05) is 17.1 Å². The molecular weight excluding hydrogens is 188 g/mol. The summed E-state index contributed by atoms with van der Waals surface area (Å²) in [5.41, 5.74) is 0. The molecule has 0 fully saturated rings. The molecule has 1 heterocycles. The number of allylic oxidation sites excluding steroid dienone is 2. The van der Waals surface area contributed by atoms with Gasteiger partial charge in [0.05, 0.1) is 0 Å². The number of carbonyl (C=O) groups is 1. The monoisotopic (exact) mass is 193 g/mol. The molecule has 55 valence electrons. The average molecular weight is 194 g/mol. The standard InChI is InChI=1S/C5H6O2S.Cu/c6-5-7-8-3-1-2-4-8;/h1-5,8H;. The third-order valence-electron chi connectivity index (χ3n) is 0.742. The zero-order valence-corrected chi connectivity index (χ0v) is 6.29. The second-order valence-electron chi connectivity index (χ2n) is 1.24. The van der Waals surface area contributed by atoms with Crippen LogP contribution in [0.3, 0.4) is 0 Å². The van der Waals surface area contributed by atoms with Crippen LogP contribution in [0, 0.1) is 0 Å². The first-order valence-corrected chi connectivity index (χ1v) is 3.57. The third-order valence-corrected chi connectivity index (χ3v) is 2.00. The summed E-state index contributed by atoms with van der Waals surface area (Å²) in [6.07, 6.45) is 3.74. The molecule has 0 bridgehead atoms. The van der Waals surface area contributed by atoms with Gasteiger partial charge in [0.15, 0.2) is 0 Å². The van der Waals surface area contributed by atoms with Gasteiger partial charge in [-0.3, -0.25) is 4.79 Å². The van der Waals surface area contributed by atoms with Gasteiger partial charge in [-0.1, -0.05) is 23.3 Å². The van der Waals surface area contributed by atoms with Crippen molar-refractivity contribution in [1.29, 1.82) is 0 Å². The normalized spacial score (nSPS) is 17.1. The SMILES string of the molecule is O=CO[SH]1C=CC=C1.[Cu]. The van der Waals surface area contributed by atoms with E-state index in [0.29, 0.717) is 6.47 Å². The maximum atomic E-state index is 9.69. The van der Waals surface area contributed by atoms with Crippen molar-refractivity contribution in [2.24, 2.45) is 0 Å². The summed E-state index contributed by atoms with van der Waals surface area (Å²) in [7, 11) is 0. The van der Waals surface area contributed by atoms with Gasteiger partial charge in [0.1, 0.15) is 0 Å². The molecule has 0 saturated carbocycles. The molecule has 0 aromatic heterocycles. The predicted molar refractivity (Wildman–Crippen MR) is 34.4 cm³/mol. The van der Waals surface area contributed by atoms with E-state index in [4.69, 9.17) is 0 Å². The molecule has 0 atom stereocenters. The Hall–Kier alpha value is -0.181. The molecule has 0 aliphatic carbocycles. The van der Waals surface area contributed by atoms with E-state index in [9.17, 15) is 4.79 Å². The Morgan fingerprint density at radius 3 is 2.33 bits per heavy atom. The topological polar surface area (TPSA) is 26.3 Å². The fourth-order valence-corrected chi connectivity index (χ4v) is 1.32. The maximum absolute atomic E-state index is 9.69. The van der Waals surface area contributed by atoms with Gasteiger partial charge in [-0.05, 0) is 10.8 Å². The van der Waals surface area contributed by atoms with Gasteiger partial charge in [0.2, 0.25) is 0 Å². The van der Waals surface area contributed by atoms with Crippen molar-refractivity contribution in [3.05, 3.63) is 23.0 Å². The quantitative estimate of drug-likeness (QED) is 0.404. The first kappa shape index (κ1) is 8.82. The van der Waals surface area contributed by atoms with Crippen LogP contribution in [0.1, 0.15) is 0 Å². The van der Waals surface area contributed by atoms with Crippen LogP contribution in [0.4, 0.5) is 0 Å². The Balaban J connectivity index is 0.000000640. The molecule has 0 aromatic carbocycles. The molecule has 4 heteroatoms. The zero-order chi connectivity index (χ0) is 5.82. The van der Waals surface area contributed by atoms with Crippen LogP contribution < -0.4 is 0 Å². The summed E-state index contributed by atoms with van der Waals surface area (Å²) in [5.74, 6) is 0. The Morgan fingerprint density at radius 1 is 1.33 bits per heavy atom. The van der Waals surface area contributed by atoms with Crippen LogP contribution in [0.15, 0.2) is 23.0 Å². The third kappa shape index (κ3) is 2.75. The van der Waals surface area contributed by atoms with E-state index in [0.717, 1.165) is 0 Å². The second kappa shape index (κ2) is 4.68. The first-order valence-electron chi connectivity index (χ1n) is 2.17. The Morgan fingerprint density at radius 2 is 1.89 bits per heavy atom. The molecule has 0 aromatic rings. The van der Waals surface area contributed by atoms with Crippen LogP contribution >= 0.6 is 11.2 Å². The number of rotatable bonds is 2. The average Bonchev–Trinajstić information content (AvgIpc) is 2.19. The molecule has 0 saturated heterocycles. The summed E-state index contributed by atoms with van der Waals surface area (Å²) >= 11 is -0.674. The summed E-state index contributed by atoms with van der Waals surface area (Å²) in [5, 5.41) is 3.73. The molecule has 0 unspecified atom stereocenters. The van der Waals surface area contributed by atoms with Gasteiger partial charge in [-0.15, -0.1) is 0 Å². The zero-order valence-electron chi connectivity index (χ0n) is 4.45. The van der Waals surface area contributed by atoms with Crippen molar-refractivity contribution in [2.75, 3.05) is 0 Å². The van der Waals surface area contributed by atoms with E-state index in [1.165, 1.54) is 0 Å². The maximum Gasteiger partial charge on any atom is 0.303 e. The first-order chi connectivity index (χ1) is 3.93. The van der Waals surface area contributed by atoms with Crippen molar-refractivity contribution >= 4 is 17.6 Å². The van der Waals surface area contributed by atoms with Gasteiger partial charge < -0.3 is 4.18 Å². The van der Waals surface area contributed by atoms with Crippen molar-refractivity contribution in [3.8, 4) is 0 Å². The Labute approximate surface area is 67.0 Å². The van der Waals surface area contributed by atoms with Crippen molar-refractivity contribution < 1.29 is 26.0 Å². The summed E-state index contributed by atoms with van der Waals surface area (Å²) in [4.78, 5) is 9.69. The smallest absolute Gasteiger partial charge is 0.303 e. The van der Waals surface area contributed by atoms with Gasteiger partial charge in [-0.2, -0.15) is 0 Å². The van der Waals surface area contributed by atoms with Crippen LogP contribution in [0.2, 0.25) is 0 Å². The van der Waals surface area contributed by atoms with E-state index in [2.05, 4.69) is 4.18 Å². The van der Waals surface area contributed by atoms with Crippen LogP contribution in [0.5, 0.6) is 0 Å². The summed E-state index contributed by atoms with van der Waals surface area (Å²) < 4.78 is 4.61. The van der Waals surface area contributed by atoms with E-state index in [1.807, 2.05) is 23.0 Å². The largest absolute Gasteiger partial charge is 0.413 e. The molecule has 9 heavy (non-hydrogen) atoms. The number of hydrogen-bond donors (Lipinski definition) is 1. The molecule has 1 aliphatic rings. The molecule has 0 amide bonds. The Bertz CT molecular complexity index is 132. The van der Waals surface area contributed by atoms with Crippen LogP contribution in [-0.2, 0) is 26.0 Å². The van der Waals surface area contributed by atoms with Gasteiger partial charge >= 0.3 is 6.47 Å². The minimum absolute atomic E-state index is 0. The van der Waals surface area contributed by atoms with Crippen molar-refractivity contribution in [2.45, 2.75) is 0 Å². The van der Waals surface area contributed by atoms with Gasteiger partial charge in [0.25, 0.3) is 0 Å². The van der Waals surface area contributed by atoms with E-state index >= 15 is 0 Å². The molecule has 1 rings (SSSR count). The minimum atomic E-state index is -0.674. The molecule has 0 N–H and O–H groups in total. The molecule has 1 aliphatic heterocycles. The van der Waals surface area contributed by atoms with Crippen LogP contribution in [-0.4, -0.2) is 6.47 Å². The molecule has 0 spiro atoms. The molecule has 2 nitrogen and oxygen atoms in total. The number of hydrogen-bond acceptors (Lipinski definition) is 2. The number of thiol groups is 1.